The first-order chi connectivity index (χ1) is 26.3. The monoisotopic (exact) mass is 771 g/mol. The molecule has 9 rings (SSSR count). The molecule has 55 heavy (non-hydrogen) atoms. The van der Waals surface area contributed by atoms with Gasteiger partial charge in [0, 0.05) is 47.1 Å². The van der Waals surface area contributed by atoms with Crippen LogP contribution in [0.5, 0.6) is 5.88 Å². The number of nitrogens with zero attached hydrogens (tertiary/aromatic N) is 7. The number of aromatic nitrogens is 3. The fourth-order valence-corrected chi connectivity index (χ4v) is 9.72. The number of rotatable bonds is 3. The van der Waals surface area contributed by atoms with Gasteiger partial charge in [-0.3, -0.25) is 4.90 Å². The SMILES string of the molecule is Cc1ccc2cnn(C3CCCCO3)c2c1-c1c(Cl)cc2c3c4c(nc2c1F)O[C@@H]([C@@H]1CCCN1C)CN4C(=C=O)[C@H]1CN(C(=O)OC(C)(C)C)[C@H](C)CN31. The van der Waals surface area contributed by atoms with E-state index >= 15 is 4.39 Å². The number of carbonyl (C=O) groups is 1. The van der Waals surface area contributed by atoms with Crippen LogP contribution >= 0.6 is 11.6 Å². The third-order valence-electron chi connectivity index (χ3n) is 12.0. The van der Waals surface area contributed by atoms with Crippen LogP contribution in [0.1, 0.15) is 71.6 Å². The largest absolute Gasteiger partial charge is 0.469 e. The number of amides is 1. The highest BCUT2D eigenvalue weighted by atomic mass is 35.5. The van der Waals surface area contributed by atoms with Gasteiger partial charge in [-0.2, -0.15) is 5.10 Å². The highest BCUT2D eigenvalue weighted by Gasteiger charge is 2.50. The first-order valence-electron chi connectivity index (χ1n) is 19.4. The predicted octanol–water partition coefficient (Wildman–Crippen LogP) is 7.26. The molecule has 4 aromatic rings. The molecule has 0 N–H and O–H groups in total. The lowest BCUT2D eigenvalue weighted by Gasteiger charge is -2.53. The van der Waals surface area contributed by atoms with Crippen LogP contribution in [-0.4, -0.2) is 106 Å². The molecule has 5 aliphatic heterocycles. The minimum absolute atomic E-state index is 0.0674. The summed E-state index contributed by atoms with van der Waals surface area (Å²) in [6, 6.07) is 4.91. The summed E-state index contributed by atoms with van der Waals surface area (Å²) >= 11 is 7.26. The zero-order chi connectivity index (χ0) is 38.5. The molecule has 1 amide bonds. The Balaban J connectivity index is 1.26. The molecule has 0 spiro atoms. The van der Waals surface area contributed by atoms with Crippen molar-refractivity contribution in [3.63, 3.8) is 0 Å². The third-order valence-corrected chi connectivity index (χ3v) is 12.3. The number of likely N-dealkylation sites (N-methyl/N-ethyl adjacent to an activating group) is 1. The number of fused-ring (bicyclic) bond motifs is 5. The third kappa shape index (κ3) is 5.84. The van der Waals surface area contributed by atoms with E-state index in [4.69, 9.17) is 35.9 Å². The van der Waals surface area contributed by atoms with E-state index in [0.29, 0.717) is 47.7 Å². The Kier molecular flexibility index (Phi) is 8.80. The summed E-state index contributed by atoms with van der Waals surface area (Å²) in [5.74, 6) is 1.95. The minimum atomic E-state index is -0.701. The van der Waals surface area contributed by atoms with Crippen molar-refractivity contribution < 1.29 is 28.2 Å². The van der Waals surface area contributed by atoms with E-state index in [1.807, 2.05) is 56.3 Å². The second kappa shape index (κ2) is 13.4. The summed E-state index contributed by atoms with van der Waals surface area (Å²) in [6.45, 7) is 11.8. The minimum Gasteiger partial charge on any atom is -0.469 e. The van der Waals surface area contributed by atoms with Crippen LogP contribution < -0.4 is 14.5 Å². The normalized spacial score (nSPS) is 25.6. The Morgan fingerprint density at radius 2 is 1.91 bits per heavy atom. The quantitative estimate of drug-likeness (QED) is 0.198. The van der Waals surface area contributed by atoms with Gasteiger partial charge in [0.25, 0.3) is 0 Å². The number of piperazine rings is 1. The molecule has 7 heterocycles. The van der Waals surface area contributed by atoms with E-state index in [9.17, 15) is 9.59 Å². The fraction of sp³-hybridized carbons (Fsp3) is 0.537. The molecule has 290 valence electrons. The summed E-state index contributed by atoms with van der Waals surface area (Å²) < 4.78 is 38.4. The first-order valence-corrected chi connectivity index (χ1v) is 19.8. The van der Waals surface area contributed by atoms with Crippen LogP contribution in [0.4, 0.5) is 20.6 Å². The van der Waals surface area contributed by atoms with Crippen LogP contribution in [0, 0.1) is 12.7 Å². The van der Waals surface area contributed by atoms with Gasteiger partial charge in [-0.15, -0.1) is 0 Å². The molecule has 14 heteroatoms. The first kappa shape index (κ1) is 36.2. The number of likely N-dealkylation sites (tertiary alicyclic amines) is 1. The van der Waals surface area contributed by atoms with Gasteiger partial charge in [0.05, 0.1) is 41.6 Å². The summed E-state index contributed by atoms with van der Waals surface area (Å²) in [4.78, 5) is 39.6. The van der Waals surface area contributed by atoms with Crippen LogP contribution in [0.15, 0.2) is 30.1 Å². The highest BCUT2D eigenvalue weighted by molar-refractivity contribution is 6.35. The van der Waals surface area contributed by atoms with Gasteiger partial charge < -0.3 is 28.9 Å². The number of ether oxygens (including phenoxy) is 3. The van der Waals surface area contributed by atoms with Crippen molar-refractivity contribution in [2.45, 2.75) is 103 Å². The molecule has 0 saturated carbocycles. The van der Waals surface area contributed by atoms with Gasteiger partial charge in [0.15, 0.2) is 12.0 Å². The molecule has 1 unspecified atom stereocenters. The Labute approximate surface area is 324 Å². The van der Waals surface area contributed by atoms with E-state index < -0.39 is 23.6 Å². The standard InChI is InChI=1S/C41H47ClFN7O5/c1-22-12-13-24-17-44-50(31-11-7-8-15-53-31)36(24)32(22)33-26(42)16-25-35(34(33)43)45-39-38-37(25)48-18-23(2)47(40(52)55-41(3,4)5)19-28(48)29(21-51)49(38)20-30(54-39)27-10-9-14-46(27)6/h12-13,16-17,23,27-28,30-31H,7-11,14-15,18-20H2,1-6H3/t23-,27+,28-,30-,31?/m1/s1. The summed E-state index contributed by atoms with van der Waals surface area (Å²) in [5, 5.41) is 6.30. The molecule has 0 radical (unpaired) electrons. The summed E-state index contributed by atoms with van der Waals surface area (Å²) in [5.41, 5.74) is 3.52. The van der Waals surface area contributed by atoms with E-state index in [1.165, 1.54) is 0 Å². The Morgan fingerprint density at radius 1 is 1.09 bits per heavy atom. The Morgan fingerprint density at radius 3 is 2.62 bits per heavy atom. The van der Waals surface area contributed by atoms with Gasteiger partial charge in [-0.05, 0) is 91.9 Å². The predicted molar refractivity (Wildman–Crippen MR) is 209 cm³/mol. The van der Waals surface area contributed by atoms with Gasteiger partial charge in [0.1, 0.15) is 34.5 Å². The molecule has 5 atom stereocenters. The van der Waals surface area contributed by atoms with Gasteiger partial charge >= 0.3 is 6.09 Å². The maximum atomic E-state index is 17.8. The van der Waals surface area contributed by atoms with Crippen molar-refractivity contribution in [1.29, 1.82) is 0 Å². The zero-order valence-corrected chi connectivity index (χ0v) is 33.0. The van der Waals surface area contributed by atoms with Crippen molar-refractivity contribution in [2.75, 3.05) is 49.6 Å². The van der Waals surface area contributed by atoms with Gasteiger partial charge in [-0.25, -0.2) is 23.6 Å². The Bertz CT molecular complexity index is 2280. The molecular formula is C41H47ClFN7O5. The van der Waals surface area contributed by atoms with Crippen LogP contribution in [0.2, 0.25) is 5.02 Å². The maximum absolute atomic E-state index is 17.8. The zero-order valence-electron chi connectivity index (χ0n) is 32.2. The summed E-state index contributed by atoms with van der Waals surface area (Å²) in [6.07, 6.45) is 5.45. The van der Waals surface area contributed by atoms with Crippen molar-refractivity contribution >= 4 is 56.8 Å². The van der Waals surface area contributed by atoms with Crippen molar-refractivity contribution in [3.05, 3.63) is 46.5 Å². The van der Waals surface area contributed by atoms with E-state index in [1.54, 1.807) is 17.2 Å². The smallest absolute Gasteiger partial charge is 0.410 e. The van der Waals surface area contributed by atoms with E-state index in [-0.39, 0.29) is 52.9 Å². The van der Waals surface area contributed by atoms with Gasteiger partial charge in [0.2, 0.25) is 5.88 Å². The number of aryl methyl sites for hydroxylation is 1. The van der Waals surface area contributed by atoms with Crippen molar-refractivity contribution in [1.82, 2.24) is 24.6 Å². The molecule has 5 aliphatic rings. The molecule has 2 aromatic carbocycles. The lowest BCUT2D eigenvalue weighted by molar-refractivity contribution is -0.0366. The molecular weight excluding hydrogens is 725 g/mol. The number of hydrogen-bond acceptors (Lipinski definition) is 10. The second-order valence-electron chi connectivity index (χ2n) is 16.8. The average molecular weight is 772 g/mol. The second-order valence-corrected chi connectivity index (χ2v) is 17.2. The number of anilines is 2. The van der Waals surface area contributed by atoms with Crippen LogP contribution in [0.3, 0.4) is 0 Å². The molecule has 2 aromatic heterocycles. The average Bonchev–Trinajstić information content (AvgIpc) is 3.78. The maximum Gasteiger partial charge on any atom is 0.410 e. The fourth-order valence-electron chi connectivity index (χ4n) is 9.43. The topological polar surface area (TPSA) is 106 Å². The number of benzene rings is 2. The molecule has 3 saturated heterocycles. The number of hydrogen-bond donors (Lipinski definition) is 0. The van der Waals surface area contributed by atoms with Crippen LogP contribution in [-0.2, 0) is 14.3 Å². The molecule has 3 fully saturated rings. The van der Waals surface area contributed by atoms with E-state index in [2.05, 4.69) is 22.8 Å². The number of pyridine rings is 1. The number of halogens is 2. The van der Waals surface area contributed by atoms with E-state index in [0.717, 1.165) is 55.1 Å². The number of carbonyl (C=O) groups excluding carboxylic acids is 2. The molecule has 0 bridgehead atoms. The lowest BCUT2D eigenvalue weighted by atomic mass is 9.92. The van der Waals surface area contributed by atoms with Gasteiger partial charge in [-0.1, -0.05) is 23.7 Å². The highest BCUT2D eigenvalue weighted by Crippen LogP contribution is 2.54. The molecule has 0 aliphatic carbocycles. The van der Waals surface area contributed by atoms with Crippen molar-refractivity contribution in [3.8, 4) is 17.0 Å². The summed E-state index contributed by atoms with van der Waals surface area (Å²) in [7, 11) is 2.07. The Hall–Kier alpha value is -4.42. The molecule has 12 nitrogen and oxygen atoms in total. The lowest BCUT2D eigenvalue weighted by Crippen LogP contribution is -2.65. The van der Waals surface area contributed by atoms with Crippen LogP contribution in [0.25, 0.3) is 32.9 Å². The van der Waals surface area contributed by atoms with Crippen molar-refractivity contribution in [2.24, 2.45) is 0 Å².